The van der Waals surface area contributed by atoms with E-state index in [1.807, 2.05) is 18.4 Å². The van der Waals surface area contributed by atoms with Gasteiger partial charge < -0.3 is 16.8 Å². The molecule has 1 heterocycles. The normalized spacial score (nSPS) is 12.1. The van der Waals surface area contributed by atoms with Gasteiger partial charge >= 0.3 is 0 Å². The summed E-state index contributed by atoms with van der Waals surface area (Å²) in [5, 5.41) is 6.09. The number of nitrogens with two attached hydrogens (primary N) is 2. The minimum absolute atomic E-state index is 0.0235. The molecule has 0 aliphatic heterocycles. The number of nitrogens with zero attached hydrogens (tertiary/aromatic N) is 1. The zero-order valence-corrected chi connectivity index (χ0v) is 10.7. The van der Waals surface area contributed by atoms with E-state index in [1.165, 1.54) is 0 Å². The average molecular weight is 262 g/mol. The van der Waals surface area contributed by atoms with Crippen LogP contribution in [0.2, 0.25) is 0 Å². The highest BCUT2D eigenvalue weighted by Crippen LogP contribution is 2.27. The van der Waals surface area contributed by atoms with Crippen molar-refractivity contribution in [1.82, 2.24) is 4.98 Å². The Morgan fingerprint density at radius 3 is 2.89 bits per heavy atom. The molecular weight excluding hydrogens is 248 g/mol. The predicted molar refractivity (Wildman–Crippen MR) is 73.5 cm³/mol. The van der Waals surface area contributed by atoms with Crippen LogP contribution in [0.5, 0.6) is 0 Å². The van der Waals surface area contributed by atoms with Gasteiger partial charge in [0.15, 0.2) is 0 Å². The first-order valence-corrected chi connectivity index (χ1v) is 6.31. The molecule has 2 aromatic rings. The molecule has 1 aromatic heterocycles. The van der Waals surface area contributed by atoms with Crippen LogP contribution < -0.4 is 16.8 Å². The molecule has 0 spiro atoms. The van der Waals surface area contributed by atoms with E-state index in [0.717, 1.165) is 5.01 Å². The molecule has 1 aromatic carbocycles. The van der Waals surface area contributed by atoms with E-state index >= 15 is 0 Å². The van der Waals surface area contributed by atoms with Gasteiger partial charge in [-0.1, -0.05) is 6.07 Å². The molecule has 0 saturated carbocycles. The summed E-state index contributed by atoms with van der Waals surface area (Å²) in [6.07, 6.45) is 1.75. The molecule has 0 aliphatic rings. The first-order valence-electron chi connectivity index (χ1n) is 5.44. The highest BCUT2D eigenvalue weighted by atomic mass is 32.1. The summed E-state index contributed by atoms with van der Waals surface area (Å²) < 4.78 is 0. The Hall–Kier alpha value is -2.08. The lowest BCUT2D eigenvalue weighted by molar-refractivity contribution is 0.100. The summed E-state index contributed by atoms with van der Waals surface area (Å²) in [5.41, 5.74) is 12.5. The van der Waals surface area contributed by atoms with Crippen molar-refractivity contribution in [3.63, 3.8) is 0 Å². The summed E-state index contributed by atoms with van der Waals surface area (Å²) in [5.74, 6) is -0.530. The Morgan fingerprint density at radius 2 is 2.28 bits per heavy atom. The largest absolute Gasteiger partial charge is 0.396 e. The van der Waals surface area contributed by atoms with Crippen LogP contribution in [0.3, 0.4) is 0 Å². The maximum atomic E-state index is 11.2. The fraction of sp³-hybridized carbons (Fsp3) is 0.167. The Bertz CT molecular complexity index is 553. The maximum absolute atomic E-state index is 11.2. The van der Waals surface area contributed by atoms with Gasteiger partial charge in [-0.3, -0.25) is 4.79 Å². The van der Waals surface area contributed by atoms with Crippen molar-refractivity contribution in [2.45, 2.75) is 13.0 Å². The number of benzene rings is 1. The number of hydrogen-bond donors (Lipinski definition) is 3. The van der Waals surface area contributed by atoms with Crippen LogP contribution in [0.1, 0.15) is 28.3 Å². The minimum Gasteiger partial charge on any atom is -0.396 e. The van der Waals surface area contributed by atoms with E-state index < -0.39 is 5.91 Å². The second kappa shape index (κ2) is 5.05. The summed E-state index contributed by atoms with van der Waals surface area (Å²) in [4.78, 5) is 15.4. The second-order valence-electron chi connectivity index (χ2n) is 3.87. The third-order valence-electron chi connectivity index (χ3n) is 2.57. The highest BCUT2D eigenvalue weighted by molar-refractivity contribution is 7.09. The van der Waals surface area contributed by atoms with Crippen LogP contribution in [0, 0.1) is 0 Å². The SMILES string of the molecule is CC(Nc1cccc(C(N)=O)c1N)c1nccs1. The van der Waals surface area contributed by atoms with E-state index in [1.54, 1.807) is 29.7 Å². The smallest absolute Gasteiger partial charge is 0.250 e. The molecule has 1 atom stereocenters. The fourth-order valence-corrected chi connectivity index (χ4v) is 2.30. The molecule has 5 N–H and O–H groups in total. The lowest BCUT2D eigenvalue weighted by atomic mass is 10.1. The number of anilines is 2. The molecule has 6 heteroatoms. The van der Waals surface area contributed by atoms with Crippen molar-refractivity contribution in [1.29, 1.82) is 0 Å². The van der Waals surface area contributed by atoms with Crippen LogP contribution in [0.25, 0.3) is 0 Å². The second-order valence-corrected chi connectivity index (χ2v) is 4.79. The average Bonchev–Trinajstić information content (AvgIpc) is 2.85. The summed E-state index contributed by atoms with van der Waals surface area (Å²) in [7, 11) is 0. The molecule has 2 rings (SSSR count). The number of primary amides is 1. The Kier molecular flexibility index (Phi) is 3.47. The molecule has 18 heavy (non-hydrogen) atoms. The molecule has 0 radical (unpaired) electrons. The van der Waals surface area contributed by atoms with Gasteiger partial charge in [0.25, 0.3) is 5.91 Å². The number of carbonyl (C=O) groups is 1. The summed E-state index contributed by atoms with van der Waals surface area (Å²) in [6.45, 7) is 1.98. The summed E-state index contributed by atoms with van der Waals surface area (Å²) >= 11 is 1.56. The Morgan fingerprint density at radius 1 is 1.50 bits per heavy atom. The van der Waals surface area contributed by atoms with Crippen LogP contribution >= 0.6 is 11.3 Å². The molecule has 1 amide bonds. The van der Waals surface area contributed by atoms with E-state index in [2.05, 4.69) is 10.3 Å². The molecular formula is C12H14N4OS. The quantitative estimate of drug-likeness (QED) is 0.734. The number of para-hydroxylation sites is 1. The number of carbonyl (C=O) groups excluding carboxylic acids is 1. The highest BCUT2D eigenvalue weighted by Gasteiger charge is 2.13. The van der Waals surface area contributed by atoms with Gasteiger partial charge in [0.1, 0.15) is 5.01 Å². The number of nitrogens with one attached hydrogen (secondary N) is 1. The molecule has 0 aliphatic carbocycles. The zero-order valence-electron chi connectivity index (χ0n) is 9.88. The van der Waals surface area contributed by atoms with E-state index in [-0.39, 0.29) is 6.04 Å². The topological polar surface area (TPSA) is 94.0 Å². The zero-order chi connectivity index (χ0) is 13.1. The fourth-order valence-electron chi connectivity index (χ4n) is 1.65. The van der Waals surface area contributed by atoms with Gasteiger partial charge in [-0.05, 0) is 19.1 Å². The van der Waals surface area contributed by atoms with E-state index in [0.29, 0.717) is 16.9 Å². The van der Waals surface area contributed by atoms with Gasteiger partial charge in [0, 0.05) is 11.6 Å². The van der Waals surface area contributed by atoms with Crippen molar-refractivity contribution in [3.05, 3.63) is 40.3 Å². The van der Waals surface area contributed by atoms with Crippen LogP contribution in [-0.4, -0.2) is 10.9 Å². The monoisotopic (exact) mass is 262 g/mol. The van der Waals surface area contributed by atoms with Crippen molar-refractivity contribution >= 4 is 28.6 Å². The van der Waals surface area contributed by atoms with E-state index in [9.17, 15) is 4.79 Å². The molecule has 0 saturated heterocycles. The van der Waals surface area contributed by atoms with Gasteiger partial charge in [0.05, 0.1) is 23.0 Å². The van der Waals surface area contributed by atoms with E-state index in [4.69, 9.17) is 11.5 Å². The Labute approximate surface area is 109 Å². The molecule has 0 fully saturated rings. The van der Waals surface area contributed by atoms with Gasteiger partial charge in [0.2, 0.25) is 0 Å². The number of thiazole rings is 1. The van der Waals surface area contributed by atoms with Gasteiger partial charge in [-0.2, -0.15) is 0 Å². The maximum Gasteiger partial charge on any atom is 0.250 e. The lowest BCUT2D eigenvalue weighted by Crippen LogP contribution is -2.15. The predicted octanol–water partition coefficient (Wildman–Crippen LogP) is 2.00. The van der Waals surface area contributed by atoms with Crippen LogP contribution in [0.15, 0.2) is 29.8 Å². The lowest BCUT2D eigenvalue weighted by Gasteiger charge is -2.15. The number of amides is 1. The minimum atomic E-state index is -0.530. The first-order chi connectivity index (χ1) is 8.59. The first kappa shape index (κ1) is 12.4. The molecule has 1 unspecified atom stereocenters. The van der Waals surface area contributed by atoms with Crippen molar-refractivity contribution in [2.75, 3.05) is 11.1 Å². The standard InChI is InChI=1S/C12H14N4OS/c1-7(12-15-5-6-18-12)16-9-4-2-3-8(10(9)13)11(14)17/h2-7,16H,13H2,1H3,(H2,14,17). The number of hydrogen-bond acceptors (Lipinski definition) is 5. The third kappa shape index (κ3) is 2.43. The number of aromatic nitrogens is 1. The van der Waals surface area contributed by atoms with Gasteiger partial charge in [-0.15, -0.1) is 11.3 Å². The van der Waals surface area contributed by atoms with Crippen molar-refractivity contribution in [2.24, 2.45) is 5.73 Å². The Balaban J connectivity index is 2.24. The van der Waals surface area contributed by atoms with Crippen LogP contribution in [-0.2, 0) is 0 Å². The molecule has 94 valence electrons. The van der Waals surface area contributed by atoms with Crippen LogP contribution in [0.4, 0.5) is 11.4 Å². The third-order valence-corrected chi connectivity index (χ3v) is 3.52. The van der Waals surface area contributed by atoms with Crippen molar-refractivity contribution in [3.8, 4) is 0 Å². The van der Waals surface area contributed by atoms with Crippen molar-refractivity contribution < 1.29 is 4.79 Å². The number of rotatable bonds is 4. The molecule has 5 nitrogen and oxygen atoms in total. The number of nitrogen functional groups attached to an aromatic ring is 1. The molecule has 0 bridgehead atoms. The van der Waals surface area contributed by atoms with Gasteiger partial charge in [-0.25, -0.2) is 4.98 Å². The summed E-state index contributed by atoms with van der Waals surface area (Å²) in [6, 6.07) is 5.19.